The van der Waals surface area contributed by atoms with Crippen LogP contribution in [0.25, 0.3) is 33.1 Å². The molecule has 0 fully saturated rings. The molecule has 5 aromatic carbocycles. The summed E-state index contributed by atoms with van der Waals surface area (Å²) in [5.74, 6) is 0.624. The number of hydrogen-bond acceptors (Lipinski definition) is 4. The summed E-state index contributed by atoms with van der Waals surface area (Å²) in [5, 5.41) is 11.3. The molecule has 5 heteroatoms. The summed E-state index contributed by atoms with van der Waals surface area (Å²) in [5.41, 5.74) is 7.05. The van der Waals surface area contributed by atoms with Crippen molar-refractivity contribution in [2.45, 2.75) is 0 Å². The second-order valence-corrected chi connectivity index (χ2v) is 8.27. The number of nitrogens with zero attached hydrogens (tertiary/aromatic N) is 1. The lowest BCUT2D eigenvalue weighted by molar-refractivity contribution is 0.454. The maximum absolute atomic E-state index is 9.04. The van der Waals surface area contributed by atoms with Crippen LogP contribution in [0.15, 0.2) is 126 Å². The van der Waals surface area contributed by atoms with Crippen LogP contribution >= 0.6 is 0 Å². The molecule has 0 atom stereocenters. The van der Waals surface area contributed by atoms with E-state index in [0.717, 1.165) is 50.1 Å². The molecule has 0 aliphatic carbocycles. The first-order valence-corrected chi connectivity index (χ1v) is 11.5. The Morgan fingerprint density at radius 3 is 1.97 bits per heavy atom. The third kappa shape index (κ3) is 3.92. The number of anilines is 3. The van der Waals surface area contributed by atoms with E-state index in [2.05, 4.69) is 65.6 Å². The fourth-order valence-corrected chi connectivity index (χ4v) is 4.55. The van der Waals surface area contributed by atoms with Crippen LogP contribution in [0.1, 0.15) is 0 Å². The number of fused-ring (bicyclic) bond motifs is 3. The van der Waals surface area contributed by atoms with Crippen molar-refractivity contribution < 1.29 is 14.1 Å². The van der Waals surface area contributed by atoms with Crippen LogP contribution in [0.4, 0.5) is 17.1 Å². The van der Waals surface area contributed by atoms with Crippen molar-refractivity contribution in [3.05, 3.63) is 121 Å². The average molecular weight is 455 g/mol. The van der Waals surface area contributed by atoms with Gasteiger partial charge in [-0.2, -0.15) is 0 Å². The Labute approximate surface area is 203 Å². The van der Waals surface area contributed by atoms with Crippen LogP contribution in [0.3, 0.4) is 0 Å². The number of furan rings is 1. The molecular weight excluding hydrogens is 433 g/mol. The van der Waals surface area contributed by atoms with Gasteiger partial charge in [0, 0.05) is 33.4 Å². The van der Waals surface area contributed by atoms with E-state index in [9.17, 15) is 0 Å². The summed E-state index contributed by atoms with van der Waals surface area (Å²) in [6.07, 6.45) is 0. The zero-order chi connectivity index (χ0) is 23.6. The SMILES string of the molecule is OBOc1ccc(N(c2ccccc2)c2ccc(-c3cccc4c3oc3ccccc34)cc2)cc1. The molecule has 168 valence electrons. The van der Waals surface area contributed by atoms with E-state index in [1.807, 2.05) is 60.7 Å². The zero-order valence-corrected chi connectivity index (χ0v) is 19.0. The van der Waals surface area contributed by atoms with Gasteiger partial charge in [0.05, 0.1) is 0 Å². The summed E-state index contributed by atoms with van der Waals surface area (Å²) >= 11 is 0. The van der Waals surface area contributed by atoms with E-state index < -0.39 is 0 Å². The van der Waals surface area contributed by atoms with E-state index in [0.29, 0.717) is 5.75 Å². The fourth-order valence-electron chi connectivity index (χ4n) is 4.55. The van der Waals surface area contributed by atoms with Crippen LogP contribution in [-0.4, -0.2) is 12.7 Å². The standard InChI is InChI=1S/C30H22BNO3/c33-31-35-25-19-17-24(18-20-25)32(22-7-2-1-3-8-22)23-15-13-21(14-16-23)26-10-6-11-28-27-9-4-5-12-29(27)34-30(26)28/h1-20,31,33H. The minimum Gasteiger partial charge on any atom is -0.539 e. The summed E-state index contributed by atoms with van der Waals surface area (Å²) in [4.78, 5) is 2.19. The Hall–Kier alpha value is -4.48. The van der Waals surface area contributed by atoms with Crippen molar-refractivity contribution in [1.82, 2.24) is 0 Å². The molecule has 0 saturated carbocycles. The highest BCUT2D eigenvalue weighted by atomic mass is 16.5. The van der Waals surface area contributed by atoms with Gasteiger partial charge < -0.3 is 19.0 Å². The molecule has 4 nitrogen and oxygen atoms in total. The fraction of sp³-hybridized carbons (Fsp3) is 0. The average Bonchev–Trinajstić information content (AvgIpc) is 3.30. The molecule has 0 saturated heterocycles. The molecule has 1 aromatic heterocycles. The molecule has 6 rings (SSSR count). The monoisotopic (exact) mass is 455 g/mol. The normalized spacial score (nSPS) is 11.0. The third-order valence-electron chi connectivity index (χ3n) is 6.18. The van der Waals surface area contributed by atoms with E-state index in [-0.39, 0.29) is 7.69 Å². The highest BCUT2D eigenvalue weighted by Crippen LogP contribution is 2.39. The molecule has 0 aliphatic heterocycles. The van der Waals surface area contributed by atoms with Crippen molar-refractivity contribution >= 4 is 46.7 Å². The van der Waals surface area contributed by atoms with Crippen LogP contribution in [0, 0.1) is 0 Å². The van der Waals surface area contributed by atoms with Crippen molar-refractivity contribution in [2.75, 3.05) is 4.90 Å². The van der Waals surface area contributed by atoms with Crippen molar-refractivity contribution in [3.8, 4) is 16.9 Å². The van der Waals surface area contributed by atoms with Gasteiger partial charge in [0.15, 0.2) is 0 Å². The van der Waals surface area contributed by atoms with Crippen LogP contribution < -0.4 is 9.55 Å². The molecule has 0 bridgehead atoms. The predicted octanol–water partition coefficient (Wildman–Crippen LogP) is 7.36. The maximum atomic E-state index is 9.04. The van der Waals surface area contributed by atoms with Gasteiger partial charge in [0.25, 0.3) is 0 Å². The second kappa shape index (κ2) is 9.05. The van der Waals surface area contributed by atoms with Gasteiger partial charge in [-0.15, -0.1) is 0 Å². The summed E-state index contributed by atoms with van der Waals surface area (Å²) in [6, 6.07) is 40.9. The van der Waals surface area contributed by atoms with Gasteiger partial charge in [-0.05, 0) is 60.2 Å². The van der Waals surface area contributed by atoms with E-state index in [4.69, 9.17) is 14.1 Å². The summed E-state index contributed by atoms with van der Waals surface area (Å²) in [7, 11) is -0.346. The molecule has 0 amide bonds. The molecule has 6 aromatic rings. The number of hydrogen-bond donors (Lipinski definition) is 1. The van der Waals surface area contributed by atoms with Crippen molar-refractivity contribution in [2.24, 2.45) is 0 Å². The first-order valence-electron chi connectivity index (χ1n) is 11.5. The zero-order valence-electron chi connectivity index (χ0n) is 19.0. The van der Waals surface area contributed by atoms with Gasteiger partial charge in [0.1, 0.15) is 16.9 Å². The van der Waals surface area contributed by atoms with Gasteiger partial charge in [-0.25, -0.2) is 0 Å². The Morgan fingerprint density at radius 1 is 0.600 bits per heavy atom. The molecule has 0 spiro atoms. The molecule has 1 N–H and O–H groups in total. The van der Waals surface area contributed by atoms with E-state index in [1.54, 1.807) is 0 Å². The van der Waals surface area contributed by atoms with Crippen LogP contribution in [0.5, 0.6) is 5.75 Å². The third-order valence-corrected chi connectivity index (χ3v) is 6.18. The molecule has 0 radical (unpaired) electrons. The van der Waals surface area contributed by atoms with Crippen LogP contribution in [0.2, 0.25) is 0 Å². The number of rotatable bonds is 6. The minimum absolute atomic E-state index is 0.346. The molecule has 0 aliphatic rings. The Balaban J connectivity index is 1.42. The molecule has 0 unspecified atom stereocenters. The molecule has 35 heavy (non-hydrogen) atoms. The quantitative estimate of drug-likeness (QED) is 0.267. The lowest BCUT2D eigenvalue weighted by Gasteiger charge is -2.25. The van der Waals surface area contributed by atoms with Gasteiger partial charge in [0.2, 0.25) is 0 Å². The predicted molar refractivity (Wildman–Crippen MR) is 144 cm³/mol. The topological polar surface area (TPSA) is 45.8 Å². The van der Waals surface area contributed by atoms with Crippen LogP contribution in [-0.2, 0) is 0 Å². The van der Waals surface area contributed by atoms with E-state index in [1.165, 1.54) is 0 Å². The number of para-hydroxylation sites is 3. The Morgan fingerprint density at radius 2 is 1.23 bits per heavy atom. The first kappa shape index (κ1) is 21.1. The molecule has 1 heterocycles. The minimum atomic E-state index is -0.346. The van der Waals surface area contributed by atoms with Crippen molar-refractivity contribution in [3.63, 3.8) is 0 Å². The van der Waals surface area contributed by atoms with Crippen molar-refractivity contribution in [1.29, 1.82) is 0 Å². The van der Waals surface area contributed by atoms with Gasteiger partial charge >= 0.3 is 7.69 Å². The van der Waals surface area contributed by atoms with Gasteiger partial charge in [-0.1, -0.05) is 66.7 Å². The summed E-state index contributed by atoms with van der Waals surface area (Å²) < 4.78 is 11.4. The maximum Gasteiger partial charge on any atom is 0.504 e. The lowest BCUT2D eigenvalue weighted by Crippen LogP contribution is -2.09. The first-order chi connectivity index (χ1) is 17.3. The van der Waals surface area contributed by atoms with E-state index >= 15 is 0 Å². The van der Waals surface area contributed by atoms with Gasteiger partial charge in [-0.3, -0.25) is 0 Å². The smallest absolute Gasteiger partial charge is 0.504 e. The lowest BCUT2D eigenvalue weighted by atomic mass is 10.0. The molecular formula is C30H22BNO3. The highest BCUT2D eigenvalue weighted by molar-refractivity contribution is 6.17. The highest BCUT2D eigenvalue weighted by Gasteiger charge is 2.15. The second-order valence-electron chi connectivity index (χ2n) is 8.27. The number of benzene rings is 5. The Bertz CT molecular complexity index is 1590. The summed E-state index contributed by atoms with van der Waals surface area (Å²) in [6.45, 7) is 0. The largest absolute Gasteiger partial charge is 0.539 e. The Kier molecular flexibility index (Phi) is 5.45.